The lowest BCUT2D eigenvalue weighted by Crippen LogP contribution is -2.31. The van der Waals surface area contributed by atoms with Crippen LogP contribution in [-0.2, 0) is 16.0 Å². The van der Waals surface area contributed by atoms with Crippen LogP contribution in [-0.4, -0.2) is 40.1 Å². The number of hydrogen-bond donors (Lipinski definition) is 1. The predicted molar refractivity (Wildman–Crippen MR) is 76.5 cm³/mol. The Labute approximate surface area is 115 Å². The van der Waals surface area contributed by atoms with Gasteiger partial charge in [-0.1, -0.05) is 30.9 Å². The van der Waals surface area contributed by atoms with Crippen molar-refractivity contribution in [2.24, 2.45) is 0 Å². The van der Waals surface area contributed by atoms with Crippen LogP contribution in [0.15, 0.2) is 36.9 Å². The molecule has 1 rings (SSSR count). The van der Waals surface area contributed by atoms with E-state index in [0.717, 1.165) is 24.4 Å². The minimum Gasteiger partial charge on any atom is -0.489 e. The summed E-state index contributed by atoms with van der Waals surface area (Å²) in [6.07, 6.45) is 1.80. The van der Waals surface area contributed by atoms with Crippen molar-refractivity contribution in [1.29, 1.82) is 0 Å². The molecule has 0 saturated heterocycles. The van der Waals surface area contributed by atoms with Crippen molar-refractivity contribution in [3.05, 3.63) is 42.5 Å². The Balaban J connectivity index is 2.45. The van der Waals surface area contributed by atoms with Crippen LogP contribution in [0.2, 0.25) is 0 Å². The Morgan fingerprint density at radius 2 is 2.11 bits per heavy atom. The van der Waals surface area contributed by atoms with Gasteiger partial charge in [0.1, 0.15) is 12.4 Å². The molecule has 0 heterocycles. The Morgan fingerprint density at radius 3 is 2.79 bits per heavy atom. The van der Waals surface area contributed by atoms with Crippen LogP contribution < -0.4 is 10.1 Å². The number of para-hydroxylation sites is 1. The van der Waals surface area contributed by atoms with Crippen molar-refractivity contribution in [3.8, 4) is 5.75 Å². The molecule has 0 aliphatic carbocycles. The molecule has 4 nitrogen and oxygen atoms in total. The third kappa shape index (κ3) is 5.87. The van der Waals surface area contributed by atoms with Crippen LogP contribution in [0.5, 0.6) is 5.75 Å². The SMILES string of the molecule is C=CCOc1ccccc1CNCC(COC)OC. The van der Waals surface area contributed by atoms with Crippen molar-refractivity contribution >= 4 is 0 Å². The molecule has 19 heavy (non-hydrogen) atoms. The number of rotatable bonds is 10. The molecule has 0 saturated carbocycles. The zero-order chi connectivity index (χ0) is 13.9. The Bertz CT molecular complexity index is 368. The summed E-state index contributed by atoms with van der Waals surface area (Å²) in [6.45, 7) is 6.22. The van der Waals surface area contributed by atoms with Crippen LogP contribution in [0.3, 0.4) is 0 Å². The monoisotopic (exact) mass is 265 g/mol. The van der Waals surface area contributed by atoms with E-state index in [1.54, 1.807) is 20.3 Å². The van der Waals surface area contributed by atoms with E-state index in [4.69, 9.17) is 14.2 Å². The first kappa shape index (κ1) is 15.7. The second-order valence-corrected chi connectivity index (χ2v) is 4.15. The molecule has 1 aromatic rings. The van der Waals surface area contributed by atoms with Gasteiger partial charge in [-0.15, -0.1) is 0 Å². The Kier molecular flexibility index (Phi) is 7.89. The quantitative estimate of drug-likeness (QED) is 0.657. The Hall–Kier alpha value is -1.36. The van der Waals surface area contributed by atoms with Gasteiger partial charge in [-0.3, -0.25) is 0 Å². The van der Waals surface area contributed by atoms with Gasteiger partial charge >= 0.3 is 0 Å². The Morgan fingerprint density at radius 1 is 1.32 bits per heavy atom. The second kappa shape index (κ2) is 9.55. The van der Waals surface area contributed by atoms with Crippen molar-refractivity contribution in [2.75, 3.05) is 34.0 Å². The minimum atomic E-state index is 0.0613. The average molecular weight is 265 g/mol. The standard InChI is InChI=1S/C15H23NO3/c1-4-9-19-15-8-6-5-7-13(15)10-16-11-14(18-3)12-17-2/h4-8,14,16H,1,9-12H2,2-3H3. The van der Waals surface area contributed by atoms with Gasteiger partial charge in [-0.2, -0.15) is 0 Å². The predicted octanol–water partition coefficient (Wildman–Crippen LogP) is 2.00. The molecule has 0 aliphatic heterocycles. The van der Waals surface area contributed by atoms with E-state index in [1.165, 1.54) is 0 Å². The van der Waals surface area contributed by atoms with Crippen molar-refractivity contribution in [3.63, 3.8) is 0 Å². The van der Waals surface area contributed by atoms with Crippen molar-refractivity contribution in [2.45, 2.75) is 12.6 Å². The molecule has 0 fully saturated rings. The number of hydrogen-bond acceptors (Lipinski definition) is 4. The molecule has 4 heteroatoms. The van der Waals surface area contributed by atoms with E-state index in [1.807, 2.05) is 24.3 Å². The normalized spacial score (nSPS) is 12.1. The van der Waals surface area contributed by atoms with E-state index in [0.29, 0.717) is 13.2 Å². The summed E-state index contributed by atoms with van der Waals surface area (Å²) in [7, 11) is 3.36. The van der Waals surface area contributed by atoms with Crippen molar-refractivity contribution in [1.82, 2.24) is 5.32 Å². The molecular formula is C15H23NO3. The first-order valence-corrected chi connectivity index (χ1v) is 6.35. The molecule has 0 radical (unpaired) electrons. The van der Waals surface area contributed by atoms with Gasteiger partial charge in [0.05, 0.1) is 12.7 Å². The average Bonchev–Trinajstić information content (AvgIpc) is 2.45. The molecule has 1 unspecified atom stereocenters. The summed E-state index contributed by atoms with van der Waals surface area (Å²) in [5.41, 5.74) is 1.12. The largest absolute Gasteiger partial charge is 0.489 e. The topological polar surface area (TPSA) is 39.7 Å². The first-order chi connectivity index (χ1) is 9.31. The molecule has 0 aliphatic rings. The lowest BCUT2D eigenvalue weighted by atomic mass is 10.2. The van der Waals surface area contributed by atoms with Gasteiger partial charge in [0.2, 0.25) is 0 Å². The zero-order valence-corrected chi connectivity index (χ0v) is 11.7. The number of benzene rings is 1. The summed E-state index contributed by atoms with van der Waals surface area (Å²) in [5, 5.41) is 3.34. The van der Waals surface area contributed by atoms with Crippen LogP contribution >= 0.6 is 0 Å². The fourth-order valence-electron chi connectivity index (χ4n) is 1.70. The minimum absolute atomic E-state index is 0.0613. The molecular weight excluding hydrogens is 242 g/mol. The van der Waals surface area contributed by atoms with Crippen LogP contribution in [0.25, 0.3) is 0 Å². The molecule has 0 bridgehead atoms. The van der Waals surface area contributed by atoms with Crippen LogP contribution in [0, 0.1) is 0 Å². The highest BCUT2D eigenvalue weighted by Gasteiger charge is 2.07. The molecule has 1 atom stereocenters. The third-order valence-electron chi connectivity index (χ3n) is 2.70. The fourth-order valence-corrected chi connectivity index (χ4v) is 1.70. The molecule has 0 amide bonds. The number of methoxy groups -OCH3 is 2. The molecule has 0 aromatic heterocycles. The third-order valence-corrected chi connectivity index (χ3v) is 2.70. The van der Waals surface area contributed by atoms with E-state index >= 15 is 0 Å². The molecule has 0 spiro atoms. The summed E-state index contributed by atoms with van der Waals surface area (Å²) in [4.78, 5) is 0. The van der Waals surface area contributed by atoms with E-state index < -0.39 is 0 Å². The summed E-state index contributed by atoms with van der Waals surface area (Å²) >= 11 is 0. The lowest BCUT2D eigenvalue weighted by Gasteiger charge is -2.16. The smallest absolute Gasteiger partial charge is 0.124 e. The maximum absolute atomic E-state index is 5.60. The van der Waals surface area contributed by atoms with Gasteiger partial charge in [0.15, 0.2) is 0 Å². The highest BCUT2D eigenvalue weighted by molar-refractivity contribution is 5.33. The number of nitrogens with one attached hydrogen (secondary N) is 1. The number of ether oxygens (including phenoxy) is 3. The highest BCUT2D eigenvalue weighted by atomic mass is 16.5. The van der Waals surface area contributed by atoms with Gasteiger partial charge in [-0.05, 0) is 6.07 Å². The lowest BCUT2D eigenvalue weighted by molar-refractivity contribution is 0.0287. The zero-order valence-electron chi connectivity index (χ0n) is 11.7. The van der Waals surface area contributed by atoms with Gasteiger partial charge in [-0.25, -0.2) is 0 Å². The summed E-state index contributed by atoms with van der Waals surface area (Å²) < 4.78 is 16.0. The maximum Gasteiger partial charge on any atom is 0.124 e. The second-order valence-electron chi connectivity index (χ2n) is 4.15. The fraction of sp³-hybridized carbons (Fsp3) is 0.467. The van der Waals surface area contributed by atoms with Crippen LogP contribution in [0.4, 0.5) is 0 Å². The first-order valence-electron chi connectivity index (χ1n) is 6.35. The van der Waals surface area contributed by atoms with Gasteiger partial charge in [0, 0.05) is 32.9 Å². The molecule has 1 aromatic carbocycles. The maximum atomic E-state index is 5.60. The van der Waals surface area contributed by atoms with Gasteiger partial charge < -0.3 is 19.5 Å². The molecule has 106 valence electrons. The van der Waals surface area contributed by atoms with Crippen molar-refractivity contribution < 1.29 is 14.2 Å². The summed E-state index contributed by atoms with van der Waals surface area (Å²) in [5.74, 6) is 0.885. The molecule has 1 N–H and O–H groups in total. The van der Waals surface area contributed by atoms with Gasteiger partial charge in [0.25, 0.3) is 0 Å². The summed E-state index contributed by atoms with van der Waals surface area (Å²) in [6, 6.07) is 7.97. The highest BCUT2D eigenvalue weighted by Crippen LogP contribution is 2.17. The van der Waals surface area contributed by atoms with E-state index in [-0.39, 0.29) is 6.10 Å². The van der Waals surface area contributed by atoms with Crippen LogP contribution in [0.1, 0.15) is 5.56 Å². The van der Waals surface area contributed by atoms with E-state index in [2.05, 4.69) is 11.9 Å². The van der Waals surface area contributed by atoms with E-state index in [9.17, 15) is 0 Å².